The number of amides is 1. The molecule has 0 saturated heterocycles. The van der Waals surface area contributed by atoms with Crippen LogP contribution in [0.3, 0.4) is 0 Å². The molecule has 2 N–H and O–H groups in total. The number of rotatable bonds is 6. The molecule has 24 heavy (non-hydrogen) atoms. The first kappa shape index (κ1) is 17.6. The van der Waals surface area contributed by atoms with E-state index in [1.165, 1.54) is 6.08 Å². The first-order chi connectivity index (χ1) is 11.5. The second kappa shape index (κ2) is 8.17. The monoisotopic (exact) mass is 345 g/mol. The van der Waals surface area contributed by atoms with Crippen molar-refractivity contribution in [1.29, 1.82) is 0 Å². The Morgan fingerprint density at radius 2 is 1.92 bits per heavy atom. The Bertz CT molecular complexity index is 769. The average Bonchev–Trinajstić information content (AvgIpc) is 2.54. The van der Waals surface area contributed by atoms with E-state index in [0.717, 1.165) is 0 Å². The smallest absolute Gasteiger partial charge is 0.307 e. The lowest BCUT2D eigenvalue weighted by atomic mass is 10.1. The lowest BCUT2D eigenvalue weighted by Crippen LogP contribution is -2.08. The molecule has 6 heteroatoms. The molecule has 0 aliphatic heterocycles. The summed E-state index contributed by atoms with van der Waals surface area (Å²) in [6.45, 7) is 0. The van der Waals surface area contributed by atoms with Gasteiger partial charge < -0.3 is 15.2 Å². The fourth-order valence-corrected chi connectivity index (χ4v) is 2.25. The maximum atomic E-state index is 12.0. The Balaban J connectivity index is 2.02. The molecule has 0 bridgehead atoms. The molecule has 0 atom stereocenters. The van der Waals surface area contributed by atoms with Crippen LogP contribution in [-0.2, 0) is 16.0 Å². The van der Waals surface area contributed by atoms with Gasteiger partial charge in [0.1, 0.15) is 5.75 Å². The number of carbonyl (C=O) groups excluding carboxylic acids is 1. The second-order valence-electron chi connectivity index (χ2n) is 4.98. The molecule has 124 valence electrons. The zero-order valence-corrected chi connectivity index (χ0v) is 13.7. The Morgan fingerprint density at radius 1 is 1.21 bits per heavy atom. The summed E-state index contributed by atoms with van der Waals surface area (Å²) in [4.78, 5) is 22.6. The minimum Gasteiger partial charge on any atom is -0.496 e. The maximum Gasteiger partial charge on any atom is 0.307 e. The zero-order chi connectivity index (χ0) is 17.5. The van der Waals surface area contributed by atoms with Crippen LogP contribution in [0.5, 0.6) is 5.75 Å². The standard InChI is InChI=1S/C18H16ClNO4/c1-24-16-8-5-14(19)11-13(16)4-9-17(21)20-15-6-2-12(3-7-15)10-18(22)23/h2-9,11H,10H2,1H3,(H,20,21)(H,22,23)/b9-4+. The first-order valence-corrected chi connectivity index (χ1v) is 7.49. The molecule has 5 nitrogen and oxygen atoms in total. The third kappa shape index (κ3) is 5.14. The Labute approximate surface area is 144 Å². The Morgan fingerprint density at radius 3 is 2.54 bits per heavy atom. The van der Waals surface area contributed by atoms with E-state index in [4.69, 9.17) is 21.4 Å². The van der Waals surface area contributed by atoms with Crippen molar-refractivity contribution >= 4 is 35.2 Å². The lowest BCUT2D eigenvalue weighted by Gasteiger charge is -2.05. The van der Waals surface area contributed by atoms with Crippen LogP contribution in [0.15, 0.2) is 48.5 Å². The lowest BCUT2D eigenvalue weighted by molar-refractivity contribution is -0.136. The molecule has 2 aromatic carbocycles. The summed E-state index contributed by atoms with van der Waals surface area (Å²) in [6.07, 6.45) is 2.93. The molecule has 0 aromatic heterocycles. The van der Waals surface area contributed by atoms with Crippen LogP contribution in [0.2, 0.25) is 5.02 Å². The molecular weight excluding hydrogens is 330 g/mol. The highest BCUT2D eigenvalue weighted by atomic mass is 35.5. The summed E-state index contributed by atoms with van der Waals surface area (Å²) in [6, 6.07) is 11.8. The summed E-state index contributed by atoms with van der Waals surface area (Å²) in [5.41, 5.74) is 1.94. The zero-order valence-electron chi connectivity index (χ0n) is 13.0. The van der Waals surface area contributed by atoms with Gasteiger partial charge in [-0.25, -0.2) is 0 Å². The van der Waals surface area contributed by atoms with Gasteiger partial charge in [-0.1, -0.05) is 23.7 Å². The number of halogens is 1. The minimum atomic E-state index is -0.898. The normalized spacial score (nSPS) is 10.6. The maximum absolute atomic E-state index is 12.0. The van der Waals surface area contributed by atoms with Crippen molar-refractivity contribution in [2.45, 2.75) is 6.42 Å². The van der Waals surface area contributed by atoms with E-state index in [9.17, 15) is 9.59 Å². The number of ether oxygens (including phenoxy) is 1. The van der Waals surface area contributed by atoms with Crippen LogP contribution in [0.25, 0.3) is 6.08 Å². The van der Waals surface area contributed by atoms with Crippen LogP contribution in [0, 0.1) is 0 Å². The largest absolute Gasteiger partial charge is 0.496 e. The molecule has 2 rings (SSSR count). The van der Waals surface area contributed by atoms with Gasteiger partial charge in [-0.2, -0.15) is 0 Å². The van der Waals surface area contributed by atoms with Crippen molar-refractivity contribution in [1.82, 2.24) is 0 Å². The van der Waals surface area contributed by atoms with E-state index in [1.54, 1.807) is 55.7 Å². The van der Waals surface area contributed by atoms with E-state index in [1.807, 2.05) is 0 Å². The number of anilines is 1. The number of nitrogens with one attached hydrogen (secondary N) is 1. The van der Waals surface area contributed by atoms with Crippen LogP contribution < -0.4 is 10.1 Å². The van der Waals surface area contributed by atoms with E-state index < -0.39 is 5.97 Å². The molecule has 0 heterocycles. The van der Waals surface area contributed by atoms with E-state index in [-0.39, 0.29) is 12.3 Å². The molecule has 0 aliphatic carbocycles. The molecule has 2 aromatic rings. The van der Waals surface area contributed by atoms with Crippen molar-refractivity contribution in [3.05, 3.63) is 64.7 Å². The van der Waals surface area contributed by atoms with Gasteiger partial charge in [-0.15, -0.1) is 0 Å². The topological polar surface area (TPSA) is 75.6 Å². The van der Waals surface area contributed by atoms with Gasteiger partial charge in [0.25, 0.3) is 0 Å². The third-order valence-electron chi connectivity index (χ3n) is 3.18. The molecule has 0 saturated carbocycles. The van der Waals surface area contributed by atoms with Crippen LogP contribution in [0.4, 0.5) is 5.69 Å². The van der Waals surface area contributed by atoms with Crippen molar-refractivity contribution in [3.63, 3.8) is 0 Å². The molecule has 0 radical (unpaired) electrons. The highest BCUT2D eigenvalue weighted by Gasteiger charge is 2.04. The molecule has 0 fully saturated rings. The van der Waals surface area contributed by atoms with Gasteiger partial charge in [0.2, 0.25) is 5.91 Å². The third-order valence-corrected chi connectivity index (χ3v) is 3.42. The fraction of sp³-hybridized carbons (Fsp3) is 0.111. The highest BCUT2D eigenvalue weighted by molar-refractivity contribution is 6.30. The minimum absolute atomic E-state index is 0.0529. The van der Waals surface area contributed by atoms with Gasteiger partial charge in [-0.05, 0) is 42.0 Å². The van der Waals surface area contributed by atoms with Crippen LogP contribution >= 0.6 is 11.6 Å². The first-order valence-electron chi connectivity index (χ1n) is 7.11. The van der Waals surface area contributed by atoms with Gasteiger partial charge in [-0.3, -0.25) is 9.59 Å². The summed E-state index contributed by atoms with van der Waals surface area (Å²) < 4.78 is 5.21. The summed E-state index contributed by atoms with van der Waals surface area (Å²) in [5.74, 6) is -0.602. The van der Waals surface area contributed by atoms with Crippen molar-refractivity contribution in [3.8, 4) is 5.75 Å². The highest BCUT2D eigenvalue weighted by Crippen LogP contribution is 2.23. The number of hydrogen-bond donors (Lipinski definition) is 2. The Kier molecular flexibility index (Phi) is 5.98. The van der Waals surface area contributed by atoms with Gasteiger partial charge in [0.05, 0.1) is 13.5 Å². The quantitative estimate of drug-likeness (QED) is 0.784. The van der Waals surface area contributed by atoms with Crippen LogP contribution in [0.1, 0.15) is 11.1 Å². The number of methoxy groups -OCH3 is 1. The number of aliphatic carboxylic acids is 1. The van der Waals surface area contributed by atoms with Crippen molar-refractivity contribution in [2.75, 3.05) is 12.4 Å². The number of hydrogen-bond acceptors (Lipinski definition) is 3. The fourth-order valence-electron chi connectivity index (χ4n) is 2.07. The van der Waals surface area contributed by atoms with Crippen molar-refractivity contribution < 1.29 is 19.4 Å². The van der Waals surface area contributed by atoms with E-state index in [2.05, 4.69) is 5.32 Å². The number of carboxylic acids is 1. The van der Waals surface area contributed by atoms with Crippen LogP contribution in [-0.4, -0.2) is 24.1 Å². The summed E-state index contributed by atoms with van der Waals surface area (Å²) >= 11 is 5.94. The summed E-state index contributed by atoms with van der Waals surface area (Å²) in [7, 11) is 1.54. The molecular formula is C18H16ClNO4. The number of benzene rings is 2. The van der Waals surface area contributed by atoms with Gasteiger partial charge in [0, 0.05) is 22.3 Å². The predicted octanol–water partition coefficient (Wildman–Crippen LogP) is 3.63. The number of carbonyl (C=O) groups is 2. The average molecular weight is 346 g/mol. The predicted molar refractivity (Wildman–Crippen MR) is 93.4 cm³/mol. The molecule has 0 unspecified atom stereocenters. The molecule has 0 aliphatic rings. The number of carboxylic acid groups (broad SMARTS) is 1. The van der Waals surface area contributed by atoms with Gasteiger partial charge >= 0.3 is 5.97 Å². The molecule has 0 spiro atoms. The van der Waals surface area contributed by atoms with E-state index in [0.29, 0.717) is 27.6 Å². The van der Waals surface area contributed by atoms with Gasteiger partial charge in [0.15, 0.2) is 0 Å². The summed E-state index contributed by atoms with van der Waals surface area (Å²) in [5, 5.41) is 12.0. The Hall–Kier alpha value is -2.79. The second-order valence-corrected chi connectivity index (χ2v) is 5.41. The van der Waals surface area contributed by atoms with E-state index >= 15 is 0 Å². The molecule has 1 amide bonds. The van der Waals surface area contributed by atoms with Crippen molar-refractivity contribution in [2.24, 2.45) is 0 Å². The SMILES string of the molecule is COc1ccc(Cl)cc1/C=C/C(=O)Nc1ccc(CC(=O)O)cc1.